The van der Waals surface area contributed by atoms with Gasteiger partial charge in [0, 0.05) is 19.3 Å². The van der Waals surface area contributed by atoms with Crippen LogP contribution in [0.4, 0.5) is 9.59 Å². The van der Waals surface area contributed by atoms with Crippen molar-refractivity contribution in [3.8, 4) is 11.5 Å². The Morgan fingerprint density at radius 3 is 1.87 bits per heavy atom. The van der Waals surface area contributed by atoms with Gasteiger partial charge in [-0.3, -0.25) is 9.59 Å². The third kappa shape index (κ3) is 12.3. The van der Waals surface area contributed by atoms with Crippen molar-refractivity contribution in [3.05, 3.63) is 23.8 Å². The zero-order chi connectivity index (χ0) is 29.3. The quantitative estimate of drug-likeness (QED) is 0.250. The van der Waals surface area contributed by atoms with Crippen LogP contribution in [0.1, 0.15) is 73.8 Å². The fourth-order valence-electron chi connectivity index (χ4n) is 3.12. The van der Waals surface area contributed by atoms with Gasteiger partial charge in [0.1, 0.15) is 16.7 Å². The van der Waals surface area contributed by atoms with E-state index in [1.54, 1.807) is 41.5 Å². The number of rotatable bonds is 10. The highest BCUT2D eigenvalue weighted by Crippen LogP contribution is 2.32. The first-order chi connectivity index (χ1) is 17.3. The Morgan fingerprint density at radius 2 is 1.39 bits per heavy atom. The lowest BCUT2D eigenvalue weighted by atomic mass is 9.88. The van der Waals surface area contributed by atoms with Crippen molar-refractivity contribution >= 4 is 24.2 Å². The Labute approximate surface area is 224 Å². The van der Waals surface area contributed by atoms with Crippen LogP contribution in [0.25, 0.3) is 0 Å². The molecule has 214 valence electrons. The molecule has 1 aromatic carbocycles. The molecule has 2 N–H and O–H groups in total. The molecule has 0 spiro atoms. The second-order valence-electron chi connectivity index (χ2n) is 11.3. The number of carbonyl (C=O) groups is 4. The molecule has 0 saturated heterocycles. The molecule has 1 aromatic rings. The molecule has 1 rings (SSSR count). The molecule has 11 nitrogen and oxygen atoms in total. The summed E-state index contributed by atoms with van der Waals surface area (Å²) in [6.45, 7) is 13.7. The minimum atomic E-state index is -1.57. The number of ether oxygens (including phenoxy) is 6. The van der Waals surface area contributed by atoms with E-state index in [0.29, 0.717) is 5.56 Å². The van der Waals surface area contributed by atoms with E-state index in [4.69, 9.17) is 34.2 Å². The Morgan fingerprint density at radius 1 is 0.868 bits per heavy atom. The number of benzene rings is 1. The minimum absolute atomic E-state index is 0.0259. The van der Waals surface area contributed by atoms with E-state index in [1.165, 1.54) is 25.3 Å². The lowest BCUT2D eigenvalue weighted by Crippen LogP contribution is -2.51. The number of methoxy groups -OCH3 is 1. The van der Waals surface area contributed by atoms with Crippen LogP contribution in [-0.2, 0) is 35.0 Å². The zero-order valence-electron chi connectivity index (χ0n) is 23.8. The van der Waals surface area contributed by atoms with Crippen molar-refractivity contribution < 1.29 is 47.6 Å². The van der Waals surface area contributed by atoms with E-state index >= 15 is 0 Å². The number of carbonyl (C=O) groups excluding carboxylic acids is 4. The SMILES string of the molecule is COC(=O)[C@@](N)(CCOC(=O)CC(C)C)Cc1ccc(OC(=O)OC(C)(C)C)c(OC(=O)OC(C)(C)C)c1. The van der Waals surface area contributed by atoms with Gasteiger partial charge in [-0.15, -0.1) is 0 Å². The van der Waals surface area contributed by atoms with Crippen LogP contribution < -0.4 is 15.2 Å². The highest BCUT2D eigenvalue weighted by Gasteiger charge is 2.36. The standard InChI is InChI=1S/C27H41NO10/c1-17(2)14-21(29)34-13-12-27(28,22(30)33-9)16-18-10-11-19(35-23(31)37-25(3,4)5)20(15-18)36-24(32)38-26(6,7)8/h10-11,15,17H,12-14,16,28H2,1-9H3/t27-/m1/s1. The monoisotopic (exact) mass is 539 g/mol. The first-order valence-corrected chi connectivity index (χ1v) is 12.3. The maximum absolute atomic E-state index is 12.6. The molecular formula is C27H41NO10. The number of esters is 2. The Bertz CT molecular complexity index is 991. The predicted molar refractivity (Wildman–Crippen MR) is 138 cm³/mol. The molecule has 0 bridgehead atoms. The lowest BCUT2D eigenvalue weighted by molar-refractivity contribution is -0.151. The van der Waals surface area contributed by atoms with E-state index in [9.17, 15) is 19.2 Å². The van der Waals surface area contributed by atoms with E-state index < -0.39 is 41.0 Å². The van der Waals surface area contributed by atoms with Gasteiger partial charge < -0.3 is 34.2 Å². The maximum atomic E-state index is 12.6. The Kier molecular flexibility index (Phi) is 11.6. The summed E-state index contributed by atoms with van der Waals surface area (Å²) in [5.41, 5.74) is 3.61. The average molecular weight is 540 g/mol. The van der Waals surface area contributed by atoms with E-state index in [-0.39, 0.29) is 43.3 Å². The molecule has 11 heteroatoms. The maximum Gasteiger partial charge on any atom is 0.514 e. The molecule has 0 amide bonds. The summed E-state index contributed by atoms with van der Waals surface area (Å²) in [5.74, 6) is -1.27. The van der Waals surface area contributed by atoms with Gasteiger partial charge >= 0.3 is 24.2 Å². The summed E-state index contributed by atoms with van der Waals surface area (Å²) in [6.07, 6.45) is -1.90. The topological polar surface area (TPSA) is 150 Å². The van der Waals surface area contributed by atoms with E-state index in [2.05, 4.69) is 0 Å². The predicted octanol–water partition coefficient (Wildman–Crippen LogP) is 4.71. The van der Waals surface area contributed by atoms with Crippen LogP contribution >= 0.6 is 0 Å². The third-order valence-corrected chi connectivity index (χ3v) is 4.67. The highest BCUT2D eigenvalue weighted by atomic mass is 16.8. The fourth-order valence-corrected chi connectivity index (χ4v) is 3.12. The van der Waals surface area contributed by atoms with Crippen molar-refractivity contribution in [2.75, 3.05) is 13.7 Å². The summed E-state index contributed by atoms with van der Waals surface area (Å²) < 4.78 is 31.1. The smallest absolute Gasteiger partial charge is 0.468 e. The third-order valence-electron chi connectivity index (χ3n) is 4.67. The van der Waals surface area contributed by atoms with Gasteiger partial charge in [0.15, 0.2) is 11.5 Å². The fraction of sp³-hybridized carbons (Fsp3) is 0.630. The summed E-state index contributed by atoms with van der Waals surface area (Å²) in [7, 11) is 1.20. The molecule has 0 aliphatic carbocycles. The van der Waals surface area contributed by atoms with E-state index in [0.717, 1.165) is 0 Å². The Balaban J connectivity index is 3.22. The van der Waals surface area contributed by atoms with Crippen LogP contribution in [0, 0.1) is 5.92 Å². The van der Waals surface area contributed by atoms with Crippen LogP contribution in [-0.4, -0.2) is 54.7 Å². The van der Waals surface area contributed by atoms with Crippen LogP contribution in [0.15, 0.2) is 18.2 Å². The van der Waals surface area contributed by atoms with Gasteiger partial charge in [-0.25, -0.2) is 9.59 Å². The average Bonchev–Trinajstić information content (AvgIpc) is 2.71. The molecule has 0 radical (unpaired) electrons. The molecule has 0 unspecified atom stereocenters. The molecular weight excluding hydrogens is 498 g/mol. The van der Waals surface area contributed by atoms with Crippen molar-refractivity contribution in [2.24, 2.45) is 11.7 Å². The van der Waals surface area contributed by atoms with Crippen molar-refractivity contribution in [3.63, 3.8) is 0 Å². The Hall–Kier alpha value is -3.34. The summed E-state index contributed by atoms with van der Waals surface area (Å²) in [6, 6.07) is 4.30. The van der Waals surface area contributed by atoms with Gasteiger partial charge in [-0.2, -0.15) is 0 Å². The number of nitrogens with two attached hydrogens (primary N) is 1. The summed E-state index contributed by atoms with van der Waals surface area (Å²) >= 11 is 0. The largest absolute Gasteiger partial charge is 0.514 e. The van der Waals surface area contributed by atoms with Gasteiger partial charge in [-0.05, 0) is 65.2 Å². The summed E-state index contributed by atoms with van der Waals surface area (Å²) in [4.78, 5) is 49.1. The first-order valence-electron chi connectivity index (χ1n) is 12.3. The van der Waals surface area contributed by atoms with Gasteiger partial charge in [-0.1, -0.05) is 19.9 Å². The van der Waals surface area contributed by atoms with Gasteiger partial charge in [0.05, 0.1) is 13.7 Å². The highest BCUT2D eigenvalue weighted by molar-refractivity contribution is 5.81. The van der Waals surface area contributed by atoms with Crippen LogP contribution in [0.3, 0.4) is 0 Å². The molecule has 0 saturated carbocycles. The normalized spacial score (nSPS) is 13.2. The molecule has 0 aromatic heterocycles. The molecule has 38 heavy (non-hydrogen) atoms. The van der Waals surface area contributed by atoms with Crippen LogP contribution in [0.5, 0.6) is 11.5 Å². The first kappa shape index (κ1) is 32.7. The number of hydrogen-bond acceptors (Lipinski definition) is 11. The second-order valence-corrected chi connectivity index (χ2v) is 11.3. The number of hydrogen-bond donors (Lipinski definition) is 1. The molecule has 0 aliphatic heterocycles. The second kappa shape index (κ2) is 13.5. The lowest BCUT2D eigenvalue weighted by Gasteiger charge is -2.27. The van der Waals surface area contributed by atoms with Crippen molar-refractivity contribution in [1.82, 2.24) is 0 Å². The van der Waals surface area contributed by atoms with Gasteiger partial charge in [0.25, 0.3) is 0 Å². The molecule has 0 aliphatic rings. The zero-order valence-corrected chi connectivity index (χ0v) is 23.8. The van der Waals surface area contributed by atoms with E-state index in [1.807, 2.05) is 13.8 Å². The van der Waals surface area contributed by atoms with Crippen LogP contribution in [0.2, 0.25) is 0 Å². The van der Waals surface area contributed by atoms with Crippen molar-refractivity contribution in [2.45, 2.75) is 91.4 Å². The summed E-state index contributed by atoms with van der Waals surface area (Å²) in [5, 5.41) is 0. The minimum Gasteiger partial charge on any atom is -0.468 e. The molecule has 1 atom stereocenters. The molecule has 0 fully saturated rings. The molecule has 0 heterocycles. The van der Waals surface area contributed by atoms with Crippen molar-refractivity contribution in [1.29, 1.82) is 0 Å². The van der Waals surface area contributed by atoms with Gasteiger partial charge in [0.2, 0.25) is 0 Å².